The molecule has 1 rings (SSSR count). The summed E-state index contributed by atoms with van der Waals surface area (Å²) in [4.78, 5) is 0. The topological polar surface area (TPSA) is 82.0 Å². The summed E-state index contributed by atoms with van der Waals surface area (Å²) in [5.74, 6) is -0.0691. The second-order valence-electron chi connectivity index (χ2n) is 4.57. The standard InChI is InChI=1S/C13H19N3O2S/c1-11(2)15-7-8-16-19(17,18)10-13-5-3-12(9-14)4-6-13/h3-6,11,15-16H,7-8,10H2,1-2H3. The number of hydrogen-bond donors (Lipinski definition) is 2. The van der Waals surface area contributed by atoms with Gasteiger partial charge < -0.3 is 5.32 Å². The zero-order valence-corrected chi connectivity index (χ0v) is 12.0. The van der Waals surface area contributed by atoms with E-state index in [1.54, 1.807) is 24.3 Å². The maximum atomic E-state index is 11.8. The minimum atomic E-state index is -3.33. The summed E-state index contributed by atoms with van der Waals surface area (Å²) in [6, 6.07) is 8.88. The van der Waals surface area contributed by atoms with E-state index >= 15 is 0 Å². The van der Waals surface area contributed by atoms with Crippen molar-refractivity contribution in [3.8, 4) is 6.07 Å². The second-order valence-corrected chi connectivity index (χ2v) is 6.38. The van der Waals surface area contributed by atoms with Crippen LogP contribution in [0, 0.1) is 11.3 Å². The Morgan fingerprint density at radius 3 is 2.37 bits per heavy atom. The molecule has 104 valence electrons. The van der Waals surface area contributed by atoms with Gasteiger partial charge >= 0.3 is 0 Å². The van der Waals surface area contributed by atoms with Crippen LogP contribution in [0.4, 0.5) is 0 Å². The Labute approximate surface area is 114 Å². The first kappa shape index (κ1) is 15.6. The van der Waals surface area contributed by atoms with Crippen LogP contribution in [-0.2, 0) is 15.8 Å². The van der Waals surface area contributed by atoms with E-state index in [2.05, 4.69) is 10.0 Å². The van der Waals surface area contributed by atoms with Gasteiger partial charge in [0.25, 0.3) is 0 Å². The van der Waals surface area contributed by atoms with Gasteiger partial charge in [-0.1, -0.05) is 26.0 Å². The van der Waals surface area contributed by atoms with Gasteiger partial charge in [0.05, 0.1) is 17.4 Å². The largest absolute Gasteiger partial charge is 0.313 e. The fourth-order valence-electron chi connectivity index (χ4n) is 1.51. The van der Waals surface area contributed by atoms with Crippen molar-refractivity contribution < 1.29 is 8.42 Å². The van der Waals surface area contributed by atoms with Crippen molar-refractivity contribution in [2.75, 3.05) is 13.1 Å². The molecule has 1 aromatic carbocycles. The summed E-state index contributed by atoms with van der Waals surface area (Å²) in [5, 5.41) is 11.8. The number of nitriles is 1. The minimum Gasteiger partial charge on any atom is -0.313 e. The quantitative estimate of drug-likeness (QED) is 0.730. The lowest BCUT2D eigenvalue weighted by atomic mass is 10.2. The highest BCUT2D eigenvalue weighted by molar-refractivity contribution is 7.88. The van der Waals surface area contributed by atoms with E-state index in [1.807, 2.05) is 19.9 Å². The van der Waals surface area contributed by atoms with Crippen molar-refractivity contribution in [1.29, 1.82) is 5.26 Å². The first-order chi connectivity index (χ1) is 8.93. The van der Waals surface area contributed by atoms with Gasteiger partial charge in [0.15, 0.2) is 0 Å². The van der Waals surface area contributed by atoms with Crippen LogP contribution in [0.5, 0.6) is 0 Å². The maximum Gasteiger partial charge on any atom is 0.215 e. The van der Waals surface area contributed by atoms with Gasteiger partial charge in [-0.2, -0.15) is 5.26 Å². The predicted molar refractivity (Wildman–Crippen MR) is 74.9 cm³/mol. The predicted octanol–water partition coefficient (Wildman–Crippen LogP) is 0.976. The Kier molecular flexibility index (Phi) is 5.96. The third-order valence-electron chi connectivity index (χ3n) is 2.44. The van der Waals surface area contributed by atoms with Gasteiger partial charge in [-0.05, 0) is 17.7 Å². The third-order valence-corrected chi connectivity index (χ3v) is 3.80. The summed E-state index contributed by atoms with van der Waals surface area (Å²) < 4.78 is 26.1. The van der Waals surface area contributed by atoms with Crippen molar-refractivity contribution in [3.63, 3.8) is 0 Å². The average molecular weight is 281 g/mol. The number of sulfonamides is 1. The smallest absolute Gasteiger partial charge is 0.215 e. The third kappa shape index (κ3) is 6.34. The minimum absolute atomic E-state index is 0.0691. The van der Waals surface area contributed by atoms with Gasteiger partial charge in [0.2, 0.25) is 10.0 Å². The van der Waals surface area contributed by atoms with Crippen LogP contribution < -0.4 is 10.0 Å². The molecule has 0 aliphatic carbocycles. The van der Waals surface area contributed by atoms with Gasteiger partial charge in [0.1, 0.15) is 0 Å². The monoisotopic (exact) mass is 281 g/mol. The Morgan fingerprint density at radius 1 is 1.21 bits per heavy atom. The van der Waals surface area contributed by atoms with Crippen molar-refractivity contribution in [1.82, 2.24) is 10.0 Å². The molecule has 0 amide bonds. The van der Waals surface area contributed by atoms with Crippen LogP contribution in [0.3, 0.4) is 0 Å². The number of benzene rings is 1. The molecule has 0 heterocycles. The second kappa shape index (κ2) is 7.24. The Balaban J connectivity index is 2.47. The average Bonchev–Trinajstić information content (AvgIpc) is 2.35. The summed E-state index contributed by atoms with van der Waals surface area (Å²) in [6.07, 6.45) is 0. The molecule has 0 bridgehead atoms. The van der Waals surface area contributed by atoms with Crippen molar-refractivity contribution in [3.05, 3.63) is 35.4 Å². The van der Waals surface area contributed by atoms with Crippen molar-refractivity contribution in [2.24, 2.45) is 0 Å². The van der Waals surface area contributed by atoms with Gasteiger partial charge in [-0.3, -0.25) is 0 Å². The summed E-state index contributed by atoms with van der Waals surface area (Å²) in [7, 11) is -3.33. The van der Waals surface area contributed by atoms with Gasteiger partial charge in [-0.25, -0.2) is 13.1 Å². The van der Waals surface area contributed by atoms with E-state index in [9.17, 15) is 8.42 Å². The lowest BCUT2D eigenvalue weighted by Crippen LogP contribution is -2.35. The van der Waals surface area contributed by atoms with Crippen LogP contribution in [0.25, 0.3) is 0 Å². The molecule has 0 atom stereocenters. The molecule has 5 nitrogen and oxygen atoms in total. The summed E-state index contributed by atoms with van der Waals surface area (Å²) in [6.45, 7) is 4.98. The van der Waals surface area contributed by atoms with Crippen LogP contribution in [0.2, 0.25) is 0 Å². The zero-order chi connectivity index (χ0) is 14.3. The fourth-order valence-corrected chi connectivity index (χ4v) is 2.66. The van der Waals surface area contributed by atoms with Crippen molar-refractivity contribution in [2.45, 2.75) is 25.6 Å². The van der Waals surface area contributed by atoms with E-state index in [-0.39, 0.29) is 5.75 Å². The number of hydrogen-bond acceptors (Lipinski definition) is 4. The molecule has 0 aliphatic rings. The highest BCUT2D eigenvalue weighted by atomic mass is 32.2. The molecule has 0 spiro atoms. The number of nitrogens with one attached hydrogen (secondary N) is 2. The maximum absolute atomic E-state index is 11.8. The lowest BCUT2D eigenvalue weighted by Gasteiger charge is -2.09. The highest BCUT2D eigenvalue weighted by Crippen LogP contribution is 2.06. The summed E-state index contributed by atoms with van der Waals surface area (Å²) in [5.41, 5.74) is 1.19. The molecule has 0 fully saturated rings. The Bertz CT molecular complexity index is 530. The fraction of sp³-hybridized carbons (Fsp3) is 0.462. The number of rotatable bonds is 7. The summed E-state index contributed by atoms with van der Waals surface area (Å²) >= 11 is 0. The molecule has 2 N–H and O–H groups in total. The normalized spacial score (nSPS) is 11.5. The molecule has 6 heteroatoms. The van der Waals surface area contributed by atoms with E-state index in [0.717, 1.165) is 0 Å². The molecule has 0 aliphatic heterocycles. The molecular formula is C13H19N3O2S. The lowest BCUT2D eigenvalue weighted by molar-refractivity contribution is 0.559. The Morgan fingerprint density at radius 2 is 1.84 bits per heavy atom. The Hall–Kier alpha value is -1.42. The molecule has 0 saturated carbocycles. The molecule has 0 aromatic heterocycles. The van der Waals surface area contributed by atoms with E-state index in [0.29, 0.717) is 30.3 Å². The first-order valence-corrected chi connectivity index (χ1v) is 7.78. The SMILES string of the molecule is CC(C)NCCNS(=O)(=O)Cc1ccc(C#N)cc1. The molecule has 0 unspecified atom stereocenters. The van der Waals surface area contributed by atoms with E-state index < -0.39 is 10.0 Å². The van der Waals surface area contributed by atoms with Crippen molar-refractivity contribution >= 4 is 10.0 Å². The molecular weight excluding hydrogens is 262 g/mol. The number of nitrogens with zero attached hydrogens (tertiary/aromatic N) is 1. The van der Waals surface area contributed by atoms with Gasteiger partial charge in [-0.15, -0.1) is 0 Å². The van der Waals surface area contributed by atoms with Crippen LogP contribution in [0.1, 0.15) is 25.0 Å². The van der Waals surface area contributed by atoms with E-state index in [4.69, 9.17) is 5.26 Å². The molecule has 0 radical (unpaired) electrons. The van der Waals surface area contributed by atoms with Crippen LogP contribution in [-0.4, -0.2) is 27.5 Å². The molecule has 19 heavy (non-hydrogen) atoms. The zero-order valence-electron chi connectivity index (χ0n) is 11.2. The highest BCUT2D eigenvalue weighted by Gasteiger charge is 2.10. The first-order valence-electron chi connectivity index (χ1n) is 6.13. The van der Waals surface area contributed by atoms with E-state index in [1.165, 1.54) is 0 Å². The van der Waals surface area contributed by atoms with Crippen LogP contribution >= 0.6 is 0 Å². The van der Waals surface area contributed by atoms with Gasteiger partial charge in [0, 0.05) is 19.1 Å². The van der Waals surface area contributed by atoms with Crippen LogP contribution in [0.15, 0.2) is 24.3 Å². The molecule has 1 aromatic rings. The molecule has 0 saturated heterocycles.